The Morgan fingerprint density at radius 3 is 2.60 bits per heavy atom. The molecule has 2 aromatic heterocycles. The van der Waals surface area contributed by atoms with Crippen LogP contribution in [0.3, 0.4) is 0 Å². The zero-order valence-electron chi connectivity index (χ0n) is 13.3. The number of hydrogen-bond acceptors (Lipinski definition) is 6. The van der Waals surface area contributed by atoms with E-state index in [-0.39, 0.29) is 10.5 Å². The molecule has 0 unspecified atom stereocenters. The summed E-state index contributed by atoms with van der Waals surface area (Å²) < 4.78 is 32.1. The maximum absolute atomic E-state index is 12.8. The largest absolute Gasteiger partial charge is 0.417 e. The van der Waals surface area contributed by atoms with Crippen molar-refractivity contribution < 1.29 is 12.8 Å². The highest BCUT2D eigenvalue weighted by Gasteiger charge is 2.29. The molecule has 8 nitrogen and oxygen atoms in total. The number of pyridine rings is 1. The zero-order chi connectivity index (χ0) is 17.4. The summed E-state index contributed by atoms with van der Waals surface area (Å²) in [6.45, 7) is 1.87. The maximum atomic E-state index is 12.8. The van der Waals surface area contributed by atoms with Crippen LogP contribution in [0.4, 0.5) is 5.82 Å². The average Bonchev–Trinajstić information content (AvgIpc) is 3.02. The van der Waals surface area contributed by atoms with Crippen LogP contribution in [-0.2, 0) is 10.0 Å². The van der Waals surface area contributed by atoms with Crippen LogP contribution in [0, 0.1) is 0 Å². The van der Waals surface area contributed by atoms with Gasteiger partial charge in [-0.2, -0.15) is 4.31 Å². The highest BCUT2D eigenvalue weighted by molar-refractivity contribution is 7.89. The molecule has 4 rings (SSSR count). The Balaban J connectivity index is 1.55. The smallest absolute Gasteiger partial charge is 0.408 e. The van der Waals surface area contributed by atoms with E-state index in [0.717, 1.165) is 5.82 Å². The van der Waals surface area contributed by atoms with Gasteiger partial charge in [-0.15, -0.1) is 0 Å². The van der Waals surface area contributed by atoms with Gasteiger partial charge in [0.05, 0.1) is 10.4 Å². The van der Waals surface area contributed by atoms with Gasteiger partial charge in [-0.25, -0.2) is 18.2 Å². The fourth-order valence-corrected chi connectivity index (χ4v) is 4.37. The van der Waals surface area contributed by atoms with Crippen molar-refractivity contribution in [1.82, 2.24) is 14.3 Å². The summed E-state index contributed by atoms with van der Waals surface area (Å²) in [7, 11) is -3.64. The van der Waals surface area contributed by atoms with Crippen molar-refractivity contribution in [3.05, 3.63) is 53.1 Å². The molecule has 25 heavy (non-hydrogen) atoms. The number of rotatable bonds is 3. The van der Waals surface area contributed by atoms with Crippen LogP contribution in [0.2, 0.25) is 0 Å². The van der Waals surface area contributed by atoms with Crippen LogP contribution < -0.4 is 10.7 Å². The van der Waals surface area contributed by atoms with Crippen molar-refractivity contribution in [3.8, 4) is 0 Å². The molecule has 1 aliphatic heterocycles. The molecule has 0 aliphatic carbocycles. The normalized spacial score (nSPS) is 16.4. The molecule has 1 aliphatic rings. The molecule has 0 spiro atoms. The number of fused-ring (bicyclic) bond motifs is 1. The van der Waals surface area contributed by atoms with E-state index in [2.05, 4.69) is 14.9 Å². The number of aromatic amines is 1. The fourth-order valence-electron chi connectivity index (χ4n) is 2.93. The molecule has 9 heteroatoms. The number of nitrogens with zero attached hydrogens (tertiary/aromatic N) is 3. The second-order valence-electron chi connectivity index (χ2n) is 5.75. The van der Waals surface area contributed by atoms with Gasteiger partial charge in [-0.3, -0.25) is 4.98 Å². The number of benzene rings is 1. The Morgan fingerprint density at radius 1 is 1.08 bits per heavy atom. The van der Waals surface area contributed by atoms with Gasteiger partial charge in [0.25, 0.3) is 0 Å². The highest BCUT2D eigenvalue weighted by atomic mass is 32.2. The summed E-state index contributed by atoms with van der Waals surface area (Å²) in [6.07, 6.45) is 1.72. The summed E-state index contributed by atoms with van der Waals surface area (Å²) in [5.41, 5.74) is 0.710. The van der Waals surface area contributed by atoms with E-state index in [1.165, 1.54) is 22.5 Å². The van der Waals surface area contributed by atoms with Crippen LogP contribution in [0.15, 0.2) is 56.7 Å². The minimum absolute atomic E-state index is 0.119. The zero-order valence-corrected chi connectivity index (χ0v) is 14.1. The number of hydrogen-bond donors (Lipinski definition) is 1. The van der Waals surface area contributed by atoms with E-state index in [1.807, 2.05) is 18.2 Å². The first-order valence-corrected chi connectivity index (χ1v) is 9.27. The van der Waals surface area contributed by atoms with Crippen molar-refractivity contribution >= 4 is 26.9 Å². The molecule has 0 atom stereocenters. The molecule has 3 heterocycles. The van der Waals surface area contributed by atoms with Crippen LogP contribution in [-0.4, -0.2) is 48.9 Å². The van der Waals surface area contributed by atoms with Gasteiger partial charge in [0.15, 0.2) is 5.58 Å². The van der Waals surface area contributed by atoms with Crippen molar-refractivity contribution in [2.24, 2.45) is 0 Å². The number of nitrogens with one attached hydrogen (secondary N) is 1. The second kappa shape index (κ2) is 6.01. The second-order valence-corrected chi connectivity index (χ2v) is 7.69. The molecule has 3 aromatic rings. The lowest BCUT2D eigenvalue weighted by Gasteiger charge is -2.34. The summed E-state index contributed by atoms with van der Waals surface area (Å²) in [5, 5.41) is 0. The number of sulfonamides is 1. The predicted octanol–water partition coefficient (Wildman–Crippen LogP) is 1.03. The molecular weight excluding hydrogens is 344 g/mol. The van der Waals surface area contributed by atoms with E-state index in [9.17, 15) is 13.2 Å². The van der Waals surface area contributed by atoms with Gasteiger partial charge in [0.2, 0.25) is 10.0 Å². The van der Waals surface area contributed by atoms with E-state index < -0.39 is 15.8 Å². The minimum Gasteiger partial charge on any atom is -0.408 e. The molecular formula is C16H16N4O4S. The standard InChI is InChI=1S/C16H16N4O4S/c21-16-18-13-5-4-12(11-14(13)24-16)25(22,23)20-9-7-19(8-10-20)15-3-1-2-6-17-15/h1-6,11H,7-10H2,(H,18,21). The molecule has 0 radical (unpaired) electrons. The van der Waals surface area contributed by atoms with E-state index >= 15 is 0 Å². The Kier molecular flexibility index (Phi) is 3.81. The number of oxazole rings is 1. The van der Waals surface area contributed by atoms with Gasteiger partial charge in [-0.1, -0.05) is 6.07 Å². The lowest BCUT2D eigenvalue weighted by Crippen LogP contribution is -2.48. The molecule has 0 amide bonds. The lowest BCUT2D eigenvalue weighted by molar-refractivity contribution is 0.384. The topological polar surface area (TPSA) is 99.5 Å². The first kappa shape index (κ1) is 15.9. The Labute approximate surface area is 143 Å². The Morgan fingerprint density at radius 2 is 1.88 bits per heavy atom. The van der Waals surface area contributed by atoms with Gasteiger partial charge in [0, 0.05) is 38.4 Å². The summed E-state index contributed by atoms with van der Waals surface area (Å²) in [4.78, 5) is 20.2. The minimum atomic E-state index is -3.64. The SMILES string of the molecule is O=c1[nH]c2ccc(S(=O)(=O)N3CCN(c4ccccn4)CC3)cc2o1. The van der Waals surface area contributed by atoms with E-state index in [1.54, 1.807) is 6.20 Å². The molecule has 1 aromatic carbocycles. The average molecular weight is 360 g/mol. The first-order valence-electron chi connectivity index (χ1n) is 7.83. The van der Waals surface area contributed by atoms with Crippen molar-refractivity contribution in [2.45, 2.75) is 4.90 Å². The van der Waals surface area contributed by atoms with Crippen molar-refractivity contribution in [2.75, 3.05) is 31.1 Å². The summed E-state index contributed by atoms with van der Waals surface area (Å²) in [5.74, 6) is 0.239. The summed E-state index contributed by atoms with van der Waals surface area (Å²) in [6, 6.07) is 10.1. The van der Waals surface area contributed by atoms with Crippen molar-refractivity contribution in [3.63, 3.8) is 0 Å². The fraction of sp³-hybridized carbons (Fsp3) is 0.250. The maximum Gasteiger partial charge on any atom is 0.417 e. The monoisotopic (exact) mass is 360 g/mol. The summed E-state index contributed by atoms with van der Waals surface area (Å²) >= 11 is 0. The molecule has 0 saturated carbocycles. The van der Waals surface area contributed by atoms with Crippen molar-refractivity contribution in [1.29, 1.82) is 0 Å². The molecule has 0 bridgehead atoms. The molecule has 1 N–H and O–H groups in total. The third-order valence-electron chi connectivity index (χ3n) is 4.24. The van der Waals surface area contributed by atoms with Crippen LogP contribution in [0.1, 0.15) is 0 Å². The first-order chi connectivity index (χ1) is 12.0. The molecule has 130 valence electrons. The van der Waals surface area contributed by atoms with E-state index in [0.29, 0.717) is 31.7 Å². The number of H-pyrrole nitrogens is 1. The van der Waals surface area contributed by atoms with Gasteiger partial charge in [-0.05, 0) is 24.3 Å². The van der Waals surface area contributed by atoms with Gasteiger partial charge < -0.3 is 9.32 Å². The Hall–Kier alpha value is -2.65. The molecule has 1 fully saturated rings. The van der Waals surface area contributed by atoms with Gasteiger partial charge in [0.1, 0.15) is 5.82 Å². The number of piperazine rings is 1. The van der Waals surface area contributed by atoms with Crippen LogP contribution >= 0.6 is 0 Å². The van der Waals surface area contributed by atoms with E-state index in [4.69, 9.17) is 4.42 Å². The predicted molar refractivity (Wildman–Crippen MR) is 92.0 cm³/mol. The quantitative estimate of drug-likeness (QED) is 0.749. The van der Waals surface area contributed by atoms with Gasteiger partial charge >= 0.3 is 5.76 Å². The third-order valence-corrected chi connectivity index (χ3v) is 6.14. The number of anilines is 1. The highest BCUT2D eigenvalue weighted by Crippen LogP contribution is 2.22. The lowest BCUT2D eigenvalue weighted by atomic mass is 10.3. The van der Waals surface area contributed by atoms with Crippen LogP contribution in [0.5, 0.6) is 0 Å². The molecule has 1 saturated heterocycles. The van der Waals surface area contributed by atoms with Crippen LogP contribution in [0.25, 0.3) is 11.1 Å². The third kappa shape index (κ3) is 2.92. The Bertz CT molecular complexity index is 1050. The number of aromatic nitrogens is 2.